The maximum atomic E-state index is 13.3. The fraction of sp³-hybridized carbons (Fsp3) is 0.679. The van der Waals surface area contributed by atoms with Crippen LogP contribution in [-0.2, 0) is 20.9 Å². The van der Waals surface area contributed by atoms with E-state index >= 15 is 0 Å². The molecule has 0 saturated heterocycles. The number of Topliss-reactive ketones (excluding diaryl/α,β-unsaturated/α-hetero) is 1. The van der Waals surface area contributed by atoms with Crippen LogP contribution >= 0.6 is 11.3 Å². The van der Waals surface area contributed by atoms with E-state index in [1.807, 2.05) is 25.3 Å². The Morgan fingerprint density at radius 2 is 1.94 bits per heavy atom. The smallest absolute Gasteiger partial charge is 0.309 e. The van der Waals surface area contributed by atoms with Gasteiger partial charge in [0.2, 0.25) is 0 Å². The fourth-order valence-electron chi connectivity index (χ4n) is 5.31. The van der Waals surface area contributed by atoms with Crippen LogP contribution in [0.5, 0.6) is 0 Å². The molecule has 200 valence electrons. The van der Waals surface area contributed by atoms with Crippen LogP contribution in [-0.4, -0.2) is 50.4 Å². The molecular formula is C28H41NO6S. The summed E-state index contributed by atoms with van der Waals surface area (Å²) in [7, 11) is 0. The number of allylic oxidation sites excluding steroid dienone is 1. The van der Waals surface area contributed by atoms with Crippen molar-refractivity contribution >= 4 is 29.2 Å². The molecule has 1 aromatic heterocycles. The van der Waals surface area contributed by atoms with E-state index in [0.29, 0.717) is 29.0 Å². The van der Waals surface area contributed by atoms with E-state index in [2.05, 4.69) is 18.0 Å². The van der Waals surface area contributed by atoms with Crippen LogP contribution in [0.1, 0.15) is 77.9 Å². The van der Waals surface area contributed by atoms with E-state index in [0.717, 1.165) is 18.4 Å². The number of thiazole rings is 1. The topological polar surface area (TPSA) is 117 Å². The SMILES string of the molecule is CC1=CC[C@@H](C(C)=Cc2csc(CO)n2)OC(=O)C[C@H](O)C(C)(C)C(=O)[C@H](C)[C@@H](O)[C@@H](C)C2CC2C1. The third-order valence-corrected chi connectivity index (χ3v) is 8.92. The minimum absolute atomic E-state index is 0.0209. The van der Waals surface area contributed by atoms with Gasteiger partial charge in [0.15, 0.2) is 0 Å². The molecule has 0 spiro atoms. The number of aliphatic hydroxyl groups excluding tert-OH is 3. The Bertz CT molecular complexity index is 1010. The van der Waals surface area contributed by atoms with Crippen molar-refractivity contribution in [3.63, 3.8) is 0 Å². The number of carbonyl (C=O) groups is 2. The molecule has 1 saturated carbocycles. The third kappa shape index (κ3) is 6.71. The van der Waals surface area contributed by atoms with E-state index in [-0.39, 0.29) is 24.7 Å². The average molecular weight is 520 g/mol. The summed E-state index contributed by atoms with van der Waals surface area (Å²) in [5.41, 5.74) is 1.49. The number of carbonyl (C=O) groups excluding carboxylic acids is 2. The molecule has 3 N–H and O–H groups in total. The molecule has 0 aromatic carbocycles. The monoisotopic (exact) mass is 519 g/mol. The zero-order valence-corrected chi connectivity index (χ0v) is 23.0. The van der Waals surface area contributed by atoms with Crippen molar-refractivity contribution in [1.82, 2.24) is 4.98 Å². The molecule has 36 heavy (non-hydrogen) atoms. The van der Waals surface area contributed by atoms with Gasteiger partial charge in [0.25, 0.3) is 0 Å². The molecule has 1 aliphatic heterocycles. The Hall–Kier alpha value is -1.87. The van der Waals surface area contributed by atoms with Crippen molar-refractivity contribution < 1.29 is 29.6 Å². The van der Waals surface area contributed by atoms with Gasteiger partial charge in [0.1, 0.15) is 16.9 Å². The molecule has 2 unspecified atom stereocenters. The largest absolute Gasteiger partial charge is 0.457 e. The Morgan fingerprint density at radius 3 is 2.58 bits per heavy atom. The molecule has 0 radical (unpaired) electrons. The van der Waals surface area contributed by atoms with E-state index in [1.165, 1.54) is 16.9 Å². The Morgan fingerprint density at radius 1 is 1.25 bits per heavy atom. The predicted molar refractivity (Wildman–Crippen MR) is 140 cm³/mol. The first kappa shape index (κ1) is 28.7. The number of ether oxygens (including phenoxy) is 1. The predicted octanol–water partition coefficient (Wildman–Crippen LogP) is 4.31. The Kier molecular flexibility index (Phi) is 9.30. The van der Waals surface area contributed by atoms with Gasteiger partial charge in [-0.25, -0.2) is 4.98 Å². The zero-order valence-electron chi connectivity index (χ0n) is 22.2. The molecule has 0 bridgehead atoms. The van der Waals surface area contributed by atoms with Gasteiger partial charge in [-0.1, -0.05) is 39.3 Å². The molecule has 1 fully saturated rings. The fourth-order valence-corrected chi connectivity index (χ4v) is 5.92. The third-order valence-electron chi connectivity index (χ3n) is 8.07. The highest BCUT2D eigenvalue weighted by Gasteiger charge is 2.47. The van der Waals surface area contributed by atoms with E-state index in [9.17, 15) is 24.9 Å². The summed E-state index contributed by atoms with van der Waals surface area (Å²) >= 11 is 1.36. The summed E-state index contributed by atoms with van der Waals surface area (Å²) < 4.78 is 5.82. The normalized spacial score (nSPS) is 34.5. The first-order chi connectivity index (χ1) is 16.8. The lowest BCUT2D eigenvalue weighted by molar-refractivity contribution is -0.154. The average Bonchev–Trinajstić information content (AvgIpc) is 3.44. The van der Waals surface area contributed by atoms with Crippen molar-refractivity contribution in [3.8, 4) is 0 Å². The van der Waals surface area contributed by atoms with Gasteiger partial charge >= 0.3 is 5.97 Å². The van der Waals surface area contributed by atoms with Crippen LogP contribution in [0, 0.1) is 29.1 Å². The summed E-state index contributed by atoms with van der Waals surface area (Å²) in [5, 5.41) is 33.6. The zero-order chi connectivity index (χ0) is 26.8. The first-order valence-corrected chi connectivity index (χ1v) is 13.7. The number of aliphatic hydroxyl groups is 3. The van der Waals surface area contributed by atoms with Gasteiger partial charge in [0.05, 0.1) is 36.3 Å². The van der Waals surface area contributed by atoms with E-state index < -0.39 is 35.6 Å². The lowest BCUT2D eigenvalue weighted by Crippen LogP contribution is -2.46. The molecule has 1 aromatic rings. The number of rotatable bonds is 3. The summed E-state index contributed by atoms with van der Waals surface area (Å²) in [4.78, 5) is 30.5. The quantitative estimate of drug-likeness (QED) is 0.402. The second kappa shape index (κ2) is 11.7. The molecule has 3 rings (SSSR count). The van der Waals surface area contributed by atoms with Crippen molar-refractivity contribution in [3.05, 3.63) is 33.3 Å². The van der Waals surface area contributed by atoms with Crippen LogP contribution in [0.4, 0.5) is 0 Å². The lowest BCUT2D eigenvalue weighted by Gasteiger charge is -2.34. The van der Waals surface area contributed by atoms with Gasteiger partial charge in [-0.2, -0.15) is 0 Å². The number of cyclic esters (lactones) is 1. The Balaban J connectivity index is 1.88. The maximum absolute atomic E-state index is 13.3. The molecule has 0 amide bonds. The van der Waals surface area contributed by atoms with Crippen LogP contribution in [0.3, 0.4) is 0 Å². The second-order valence-electron chi connectivity index (χ2n) is 11.3. The summed E-state index contributed by atoms with van der Waals surface area (Å²) in [6, 6.07) is 0. The summed E-state index contributed by atoms with van der Waals surface area (Å²) in [5.74, 6) is -0.682. The number of ketones is 1. The number of esters is 1. The number of hydrogen-bond donors (Lipinski definition) is 3. The summed E-state index contributed by atoms with van der Waals surface area (Å²) in [6.45, 7) is 10.8. The number of nitrogens with zero attached hydrogens (tertiary/aromatic N) is 1. The highest BCUT2D eigenvalue weighted by molar-refractivity contribution is 7.09. The maximum Gasteiger partial charge on any atom is 0.309 e. The van der Waals surface area contributed by atoms with Crippen LogP contribution in [0.25, 0.3) is 6.08 Å². The number of aromatic nitrogens is 1. The number of fused-ring (bicyclic) bond motifs is 1. The van der Waals surface area contributed by atoms with Crippen molar-refractivity contribution in [2.45, 2.75) is 92.1 Å². The van der Waals surface area contributed by atoms with Gasteiger partial charge in [0, 0.05) is 17.7 Å². The molecule has 8 heteroatoms. The molecule has 2 aliphatic rings. The minimum atomic E-state index is -1.24. The van der Waals surface area contributed by atoms with E-state index in [4.69, 9.17) is 4.74 Å². The van der Waals surface area contributed by atoms with Crippen LogP contribution < -0.4 is 0 Å². The molecule has 7 atom stereocenters. The van der Waals surface area contributed by atoms with Gasteiger partial charge in [-0.15, -0.1) is 11.3 Å². The molecule has 2 heterocycles. The standard InChI is InChI=1S/C28H41NO6S/c1-15-7-8-22(16(2)10-20-14-36-24(13-30)29-20)35-25(32)12-23(31)28(5,6)27(34)18(4)26(33)17(3)21-11-19(21)9-15/h7,10,14,17-19,21-23,26,30-31,33H,8-9,11-13H2,1-6H3/t17-,18+,19?,21?,22-,23-,26-/m0/s1. The lowest BCUT2D eigenvalue weighted by atomic mass is 9.72. The number of hydrogen-bond acceptors (Lipinski definition) is 8. The first-order valence-electron chi connectivity index (χ1n) is 12.8. The minimum Gasteiger partial charge on any atom is -0.457 e. The van der Waals surface area contributed by atoms with Crippen molar-refractivity contribution in [2.75, 3.05) is 0 Å². The highest BCUT2D eigenvalue weighted by Crippen LogP contribution is 2.50. The summed E-state index contributed by atoms with van der Waals surface area (Å²) in [6.07, 6.45) is 3.47. The van der Waals surface area contributed by atoms with Crippen LogP contribution in [0.2, 0.25) is 0 Å². The Labute approximate surface area is 218 Å². The molecule has 1 aliphatic carbocycles. The van der Waals surface area contributed by atoms with Gasteiger partial charge < -0.3 is 20.1 Å². The van der Waals surface area contributed by atoms with E-state index in [1.54, 1.807) is 20.8 Å². The molecular weight excluding hydrogens is 478 g/mol. The highest BCUT2D eigenvalue weighted by atomic mass is 32.1. The van der Waals surface area contributed by atoms with Crippen molar-refractivity contribution in [1.29, 1.82) is 0 Å². The van der Waals surface area contributed by atoms with Crippen LogP contribution in [0.15, 0.2) is 22.6 Å². The second-order valence-corrected chi connectivity index (χ2v) is 12.2. The van der Waals surface area contributed by atoms with Gasteiger partial charge in [-0.05, 0) is 56.1 Å². The van der Waals surface area contributed by atoms with Crippen molar-refractivity contribution in [2.24, 2.45) is 29.1 Å². The molecule has 7 nitrogen and oxygen atoms in total. The van der Waals surface area contributed by atoms with Gasteiger partial charge in [-0.3, -0.25) is 9.59 Å².